The SMILES string of the molecule is Cc1cccc(NC(=O)c2sc(CNC(=O)OC(C)(C)C)nc2C)c1. The summed E-state index contributed by atoms with van der Waals surface area (Å²) in [7, 11) is 0. The molecule has 0 aliphatic carbocycles. The molecule has 0 bridgehead atoms. The maximum absolute atomic E-state index is 12.4. The number of nitrogens with zero attached hydrogens (tertiary/aromatic N) is 1. The minimum Gasteiger partial charge on any atom is -0.444 e. The number of ether oxygens (including phenoxy) is 1. The average Bonchev–Trinajstić information content (AvgIpc) is 2.84. The van der Waals surface area contributed by atoms with E-state index < -0.39 is 11.7 Å². The first-order valence-electron chi connectivity index (χ1n) is 7.95. The van der Waals surface area contributed by atoms with Crippen molar-refractivity contribution in [2.45, 2.75) is 46.8 Å². The van der Waals surface area contributed by atoms with E-state index in [1.54, 1.807) is 27.7 Å². The summed E-state index contributed by atoms with van der Waals surface area (Å²) in [6, 6.07) is 7.60. The largest absolute Gasteiger partial charge is 0.444 e. The molecule has 0 fully saturated rings. The Morgan fingerprint density at radius 1 is 1.24 bits per heavy atom. The Morgan fingerprint density at radius 3 is 2.60 bits per heavy atom. The monoisotopic (exact) mass is 361 g/mol. The third kappa shape index (κ3) is 5.86. The van der Waals surface area contributed by atoms with Gasteiger partial charge in [0, 0.05) is 5.69 Å². The molecule has 25 heavy (non-hydrogen) atoms. The summed E-state index contributed by atoms with van der Waals surface area (Å²) in [4.78, 5) is 29.0. The fourth-order valence-corrected chi connectivity index (χ4v) is 3.01. The minimum absolute atomic E-state index is 0.205. The molecule has 0 saturated heterocycles. The first-order valence-corrected chi connectivity index (χ1v) is 8.77. The van der Waals surface area contributed by atoms with Gasteiger partial charge in [-0.1, -0.05) is 12.1 Å². The molecule has 0 unspecified atom stereocenters. The number of hydrogen-bond acceptors (Lipinski definition) is 5. The van der Waals surface area contributed by atoms with E-state index >= 15 is 0 Å². The lowest BCUT2D eigenvalue weighted by molar-refractivity contribution is 0.0523. The van der Waals surface area contributed by atoms with Gasteiger partial charge in [0.15, 0.2) is 0 Å². The number of rotatable bonds is 4. The normalized spacial score (nSPS) is 11.1. The van der Waals surface area contributed by atoms with Crippen LogP contribution in [-0.2, 0) is 11.3 Å². The molecule has 7 heteroatoms. The van der Waals surface area contributed by atoms with E-state index in [1.807, 2.05) is 31.2 Å². The number of amides is 2. The predicted octanol–water partition coefficient (Wildman–Crippen LogP) is 4.04. The molecule has 134 valence electrons. The fourth-order valence-electron chi connectivity index (χ4n) is 2.11. The number of thiazole rings is 1. The molecule has 0 radical (unpaired) electrons. The molecule has 0 aliphatic rings. The number of hydrogen-bond donors (Lipinski definition) is 2. The smallest absolute Gasteiger partial charge is 0.408 e. The number of anilines is 1. The van der Waals surface area contributed by atoms with Gasteiger partial charge in [0.25, 0.3) is 5.91 Å². The van der Waals surface area contributed by atoms with Crippen LogP contribution in [0.25, 0.3) is 0 Å². The van der Waals surface area contributed by atoms with E-state index in [1.165, 1.54) is 11.3 Å². The molecule has 2 aromatic rings. The zero-order chi connectivity index (χ0) is 18.6. The van der Waals surface area contributed by atoms with E-state index in [0.717, 1.165) is 11.3 Å². The van der Waals surface area contributed by atoms with E-state index in [0.29, 0.717) is 15.6 Å². The van der Waals surface area contributed by atoms with Crippen LogP contribution in [0.15, 0.2) is 24.3 Å². The van der Waals surface area contributed by atoms with Crippen molar-refractivity contribution in [2.75, 3.05) is 5.32 Å². The van der Waals surface area contributed by atoms with Crippen molar-refractivity contribution in [3.8, 4) is 0 Å². The van der Waals surface area contributed by atoms with Crippen LogP contribution in [0, 0.1) is 13.8 Å². The van der Waals surface area contributed by atoms with Gasteiger partial charge < -0.3 is 15.4 Å². The maximum atomic E-state index is 12.4. The summed E-state index contributed by atoms with van der Waals surface area (Å²) in [6.07, 6.45) is -0.508. The molecule has 0 spiro atoms. The third-order valence-electron chi connectivity index (χ3n) is 3.11. The van der Waals surface area contributed by atoms with Gasteiger partial charge in [0.2, 0.25) is 0 Å². The molecule has 2 amide bonds. The fraction of sp³-hybridized carbons (Fsp3) is 0.389. The Balaban J connectivity index is 1.99. The Kier molecular flexibility index (Phi) is 5.79. The Hall–Kier alpha value is -2.41. The van der Waals surface area contributed by atoms with Crippen LogP contribution < -0.4 is 10.6 Å². The van der Waals surface area contributed by atoms with E-state index in [4.69, 9.17) is 4.74 Å². The highest BCUT2D eigenvalue weighted by Crippen LogP contribution is 2.20. The molecule has 2 rings (SSSR count). The molecule has 1 aromatic heterocycles. The van der Waals surface area contributed by atoms with Gasteiger partial charge in [-0.3, -0.25) is 4.79 Å². The molecule has 6 nitrogen and oxygen atoms in total. The van der Waals surface area contributed by atoms with Crippen LogP contribution in [0.5, 0.6) is 0 Å². The van der Waals surface area contributed by atoms with Crippen molar-refractivity contribution in [2.24, 2.45) is 0 Å². The molecule has 2 N–H and O–H groups in total. The second-order valence-corrected chi connectivity index (χ2v) is 7.78. The third-order valence-corrected chi connectivity index (χ3v) is 4.26. The maximum Gasteiger partial charge on any atom is 0.408 e. The van der Waals surface area contributed by atoms with Crippen molar-refractivity contribution < 1.29 is 14.3 Å². The number of carbonyl (C=O) groups is 2. The minimum atomic E-state index is -0.554. The summed E-state index contributed by atoms with van der Waals surface area (Å²) in [5, 5.41) is 6.17. The highest BCUT2D eigenvalue weighted by atomic mass is 32.1. The van der Waals surface area contributed by atoms with Gasteiger partial charge in [-0.15, -0.1) is 11.3 Å². The van der Waals surface area contributed by atoms with Gasteiger partial charge in [-0.25, -0.2) is 9.78 Å². The van der Waals surface area contributed by atoms with Gasteiger partial charge in [0.1, 0.15) is 15.5 Å². The second-order valence-electron chi connectivity index (χ2n) is 6.70. The molecule has 1 aromatic carbocycles. The highest BCUT2D eigenvalue weighted by molar-refractivity contribution is 7.13. The van der Waals surface area contributed by atoms with Gasteiger partial charge >= 0.3 is 6.09 Å². The van der Waals surface area contributed by atoms with Crippen LogP contribution in [0.4, 0.5) is 10.5 Å². The summed E-state index contributed by atoms with van der Waals surface area (Å²) < 4.78 is 5.18. The molecule has 0 saturated carbocycles. The zero-order valence-corrected chi connectivity index (χ0v) is 15.9. The number of nitrogens with one attached hydrogen (secondary N) is 2. The topological polar surface area (TPSA) is 80.3 Å². The lowest BCUT2D eigenvalue weighted by atomic mass is 10.2. The Bertz CT molecular complexity index is 778. The average molecular weight is 361 g/mol. The number of carbonyl (C=O) groups excluding carboxylic acids is 2. The number of aryl methyl sites for hydroxylation is 2. The zero-order valence-electron chi connectivity index (χ0n) is 15.1. The standard InChI is InChI=1S/C18H23N3O3S/c1-11-7-6-8-13(9-11)21-16(22)15-12(2)20-14(25-15)10-19-17(23)24-18(3,4)5/h6-9H,10H2,1-5H3,(H,19,23)(H,21,22). The van der Waals surface area contributed by atoms with Crippen LogP contribution in [0.3, 0.4) is 0 Å². The quantitative estimate of drug-likeness (QED) is 0.861. The second kappa shape index (κ2) is 7.65. The summed E-state index contributed by atoms with van der Waals surface area (Å²) in [5.74, 6) is -0.205. The van der Waals surface area contributed by atoms with E-state index in [2.05, 4.69) is 15.6 Å². The first kappa shape index (κ1) is 18.9. The first-order chi connectivity index (χ1) is 11.6. The van der Waals surface area contributed by atoms with Crippen molar-refractivity contribution in [3.05, 3.63) is 45.4 Å². The Morgan fingerprint density at radius 2 is 1.96 bits per heavy atom. The van der Waals surface area contributed by atoms with Gasteiger partial charge in [-0.05, 0) is 52.3 Å². The van der Waals surface area contributed by atoms with Gasteiger partial charge in [0.05, 0.1) is 12.2 Å². The van der Waals surface area contributed by atoms with Crippen molar-refractivity contribution in [3.63, 3.8) is 0 Å². The van der Waals surface area contributed by atoms with Crippen molar-refractivity contribution in [1.82, 2.24) is 10.3 Å². The lowest BCUT2D eigenvalue weighted by Gasteiger charge is -2.19. The van der Waals surface area contributed by atoms with E-state index in [9.17, 15) is 9.59 Å². The number of aromatic nitrogens is 1. The Labute approximate surface area is 151 Å². The number of alkyl carbamates (subject to hydrolysis) is 1. The van der Waals surface area contributed by atoms with Crippen LogP contribution in [-0.4, -0.2) is 22.6 Å². The molecule has 1 heterocycles. The van der Waals surface area contributed by atoms with Gasteiger partial charge in [-0.2, -0.15) is 0 Å². The van der Waals surface area contributed by atoms with Crippen LogP contribution in [0.2, 0.25) is 0 Å². The summed E-state index contributed by atoms with van der Waals surface area (Å²) in [5.41, 5.74) is 1.89. The van der Waals surface area contributed by atoms with E-state index in [-0.39, 0.29) is 12.5 Å². The number of benzene rings is 1. The summed E-state index contributed by atoms with van der Waals surface area (Å²) in [6.45, 7) is 9.36. The highest BCUT2D eigenvalue weighted by Gasteiger charge is 2.18. The van der Waals surface area contributed by atoms with Crippen molar-refractivity contribution in [1.29, 1.82) is 0 Å². The lowest BCUT2D eigenvalue weighted by Crippen LogP contribution is -2.32. The van der Waals surface area contributed by atoms with Crippen LogP contribution >= 0.6 is 11.3 Å². The molecule has 0 atom stereocenters. The molecule has 0 aliphatic heterocycles. The molecular weight excluding hydrogens is 338 g/mol. The van der Waals surface area contributed by atoms with Crippen LogP contribution in [0.1, 0.15) is 46.7 Å². The summed E-state index contributed by atoms with van der Waals surface area (Å²) >= 11 is 1.26. The predicted molar refractivity (Wildman–Crippen MR) is 99.1 cm³/mol. The van der Waals surface area contributed by atoms with Crippen molar-refractivity contribution >= 4 is 29.0 Å². The molecular formula is C18H23N3O3S.